The van der Waals surface area contributed by atoms with Gasteiger partial charge in [0.05, 0.1) is 31.7 Å². The van der Waals surface area contributed by atoms with Crippen molar-refractivity contribution in [3.63, 3.8) is 0 Å². The zero-order chi connectivity index (χ0) is 25.8. The predicted octanol–water partition coefficient (Wildman–Crippen LogP) is 6.42. The Morgan fingerprint density at radius 1 is 0.919 bits per heavy atom. The summed E-state index contributed by atoms with van der Waals surface area (Å²) in [7, 11) is 1.38. The largest absolute Gasteiger partial charge is 0.489 e. The number of methoxy groups -OCH3 is 1. The SMILES string of the molecule is COc1ccc(Cn2c(-c3ccc(Oc4cncnc4)cc3)ccc2-c2ccccc2Cl)nc1[N+](=O)[O-]. The summed E-state index contributed by atoms with van der Waals surface area (Å²) in [4.78, 5) is 23.2. The number of pyridine rings is 1. The van der Waals surface area contributed by atoms with Gasteiger partial charge in [0, 0.05) is 16.3 Å². The molecule has 0 N–H and O–H groups in total. The smallest absolute Gasteiger partial charge is 0.406 e. The summed E-state index contributed by atoms with van der Waals surface area (Å²) in [6, 6.07) is 22.3. The molecule has 184 valence electrons. The number of hydrogen-bond donors (Lipinski definition) is 0. The molecule has 0 saturated heterocycles. The first kappa shape index (κ1) is 24.0. The lowest BCUT2D eigenvalue weighted by molar-refractivity contribution is -0.390. The van der Waals surface area contributed by atoms with Gasteiger partial charge in [0.15, 0.2) is 11.4 Å². The Labute approximate surface area is 217 Å². The second-order valence-electron chi connectivity index (χ2n) is 7.96. The molecule has 3 heterocycles. The number of benzene rings is 2. The van der Waals surface area contributed by atoms with Crippen LogP contribution in [0.4, 0.5) is 5.82 Å². The average molecular weight is 514 g/mol. The zero-order valence-corrected chi connectivity index (χ0v) is 20.4. The summed E-state index contributed by atoms with van der Waals surface area (Å²) in [5.41, 5.74) is 3.98. The van der Waals surface area contributed by atoms with E-state index in [1.165, 1.54) is 13.4 Å². The minimum atomic E-state index is -0.551. The van der Waals surface area contributed by atoms with Crippen molar-refractivity contribution in [2.45, 2.75) is 6.54 Å². The molecule has 0 unspecified atom stereocenters. The average Bonchev–Trinajstić information content (AvgIpc) is 3.33. The predicted molar refractivity (Wildman–Crippen MR) is 139 cm³/mol. The van der Waals surface area contributed by atoms with Crippen molar-refractivity contribution in [2.75, 3.05) is 7.11 Å². The number of hydrogen-bond acceptors (Lipinski definition) is 7. The van der Waals surface area contributed by atoms with Crippen LogP contribution in [0.3, 0.4) is 0 Å². The third kappa shape index (κ3) is 5.12. The molecule has 0 bridgehead atoms. The maximum Gasteiger partial charge on any atom is 0.406 e. The summed E-state index contributed by atoms with van der Waals surface area (Å²) in [6.45, 7) is 0.271. The van der Waals surface area contributed by atoms with Crippen LogP contribution in [0, 0.1) is 10.1 Å². The molecule has 5 rings (SSSR count). The van der Waals surface area contributed by atoms with E-state index in [0.29, 0.717) is 22.2 Å². The van der Waals surface area contributed by atoms with E-state index in [1.54, 1.807) is 24.5 Å². The number of nitro groups is 1. The fraction of sp³-hybridized carbons (Fsp3) is 0.0741. The summed E-state index contributed by atoms with van der Waals surface area (Å²) in [5.74, 6) is 0.939. The van der Waals surface area contributed by atoms with Crippen molar-refractivity contribution in [2.24, 2.45) is 0 Å². The van der Waals surface area contributed by atoms with Gasteiger partial charge in [-0.25, -0.2) is 9.97 Å². The Bertz CT molecular complexity index is 1560. The van der Waals surface area contributed by atoms with Crippen LogP contribution in [0.2, 0.25) is 5.02 Å². The van der Waals surface area contributed by atoms with Gasteiger partial charge in [0.2, 0.25) is 5.75 Å². The van der Waals surface area contributed by atoms with Crippen molar-refractivity contribution in [3.8, 4) is 39.8 Å². The highest BCUT2D eigenvalue weighted by molar-refractivity contribution is 6.33. The van der Waals surface area contributed by atoms with E-state index in [0.717, 1.165) is 22.5 Å². The van der Waals surface area contributed by atoms with Gasteiger partial charge in [0.1, 0.15) is 12.1 Å². The van der Waals surface area contributed by atoms with Gasteiger partial charge >= 0.3 is 5.82 Å². The molecule has 9 nitrogen and oxygen atoms in total. The molecule has 0 aliphatic heterocycles. The maximum atomic E-state index is 11.5. The van der Waals surface area contributed by atoms with Gasteiger partial charge in [-0.2, -0.15) is 0 Å². The number of halogens is 1. The molecule has 0 spiro atoms. The molecule has 0 aliphatic rings. The standard InChI is InChI=1S/C27H20ClN5O4/c1-36-26-13-8-19(31-27(26)33(34)35)16-32-24(11-12-25(32)22-4-2-3-5-23(22)28)18-6-9-20(10-7-18)37-21-14-29-17-30-15-21/h2-15,17H,16H2,1H3. The Kier molecular flexibility index (Phi) is 6.78. The van der Waals surface area contributed by atoms with Crippen molar-refractivity contribution in [1.82, 2.24) is 19.5 Å². The highest BCUT2D eigenvalue weighted by Crippen LogP contribution is 2.35. The second kappa shape index (κ2) is 10.5. The van der Waals surface area contributed by atoms with Crippen LogP contribution >= 0.6 is 11.6 Å². The number of aromatic nitrogens is 4. The van der Waals surface area contributed by atoms with Crippen LogP contribution in [0.25, 0.3) is 22.5 Å². The monoisotopic (exact) mass is 513 g/mol. The van der Waals surface area contributed by atoms with Gasteiger partial charge in [0.25, 0.3) is 0 Å². The molecule has 0 aliphatic carbocycles. The van der Waals surface area contributed by atoms with E-state index in [4.69, 9.17) is 21.1 Å². The van der Waals surface area contributed by atoms with E-state index in [1.807, 2.05) is 65.2 Å². The highest BCUT2D eigenvalue weighted by atomic mass is 35.5. The normalized spacial score (nSPS) is 10.8. The second-order valence-corrected chi connectivity index (χ2v) is 8.36. The molecule has 0 amide bonds. The molecule has 0 fully saturated rings. The van der Waals surface area contributed by atoms with Crippen LogP contribution in [0.15, 0.2) is 91.5 Å². The van der Waals surface area contributed by atoms with Crippen LogP contribution in [0.5, 0.6) is 17.2 Å². The van der Waals surface area contributed by atoms with Gasteiger partial charge in [-0.1, -0.05) is 29.8 Å². The minimum absolute atomic E-state index is 0.104. The Balaban J connectivity index is 1.55. The first-order chi connectivity index (χ1) is 18.0. The lowest BCUT2D eigenvalue weighted by Crippen LogP contribution is -2.07. The fourth-order valence-electron chi connectivity index (χ4n) is 3.98. The summed E-state index contributed by atoms with van der Waals surface area (Å²) < 4.78 is 12.9. The van der Waals surface area contributed by atoms with Gasteiger partial charge in [-0.3, -0.25) is 0 Å². The molecule has 0 radical (unpaired) electrons. The molecule has 0 saturated carbocycles. The molecular weight excluding hydrogens is 494 g/mol. The Morgan fingerprint density at radius 3 is 2.35 bits per heavy atom. The van der Waals surface area contributed by atoms with Gasteiger partial charge in [-0.15, -0.1) is 0 Å². The zero-order valence-electron chi connectivity index (χ0n) is 19.6. The first-order valence-corrected chi connectivity index (χ1v) is 11.6. The fourth-order valence-corrected chi connectivity index (χ4v) is 4.21. The lowest BCUT2D eigenvalue weighted by atomic mass is 10.1. The highest BCUT2D eigenvalue weighted by Gasteiger charge is 2.21. The van der Waals surface area contributed by atoms with Crippen molar-refractivity contribution in [3.05, 3.63) is 112 Å². The maximum absolute atomic E-state index is 11.5. The van der Waals surface area contributed by atoms with Crippen LogP contribution in [-0.4, -0.2) is 31.6 Å². The van der Waals surface area contributed by atoms with E-state index in [2.05, 4.69) is 15.0 Å². The van der Waals surface area contributed by atoms with E-state index in [-0.39, 0.29) is 18.1 Å². The molecule has 2 aromatic carbocycles. The quantitative estimate of drug-likeness (QED) is 0.174. The Hall–Kier alpha value is -4.76. The van der Waals surface area contributed by atoms with E-state index < -0.39 is 4.92 Å². The third-order valence-corrected chi connectivity index (χ3v) is 5.99. The Morgan fingerprint density at radius 2 is 1.65 bits per heavy atom. The van der Waals surface area contributed by atoms with Crippen LogP contribution in [-0.2, 0) is 6.54 Å². The summed E-state index contributed by atoms with van der Waals surface area (Å²) >= 11 is 6.53. The number of ether oxygens (including phenoxy) is 2. The molecule has 3 aromatic heterocycles. The summed E-state index contributed by atoms with van der Waals surface area (Å²) in [5, 5.41) is 12.1. The molecule has 5 aromatic rings. The topological polar surface area (TPSA) is 105 Å². The number of rotatable bonds is 8. The first-order valence-electron chi connectivity index (χ1n) is 11.2. The van der Waals surface area contributed by atoms with Crippen LogP contribution in [0.1, 0.15) is 5.69 Å². The third-order valence-electron chi connectivity index (χ3n) is 5.66. The van der Waals surface area contributed by atoms with Gasteiger partial charge in [-0.05, 0) is 70.1 Å². The van der Waals surface area contributed by atoms with E-state index >= 15 is 0 Å². The molecule has 0 atom stereocenters. The van der Waals surface area contributed by atoms with E-state index in [9.17, 15) is 10.1 Å². The lowest BCUT2D eigenvalue weighted by Gasteiger charge is -2.14. The van der Waals surface area contributed by atoms with Gasteiger partial charge < -0.3 is 24.2 Å². The van der Waals surface area contributed by atoms with Crippen molar-refractivity contribution in [1.29, 1.82) is 0 Å². The molecule has 37 heavy (non-hydrogen) atoms. The van der Waals surface area contributed by atoms with Crippen molar-refractivity contribution < 1.29 is 14.4 Å². The van der Waals surface area contributed by atoms with Crippen LogP contribution < -0.4 is 9.47 Å². The van der Waals surface area contributed by atoms with Crippen molar-refractivity contribution >= 4 is 17.4 Å². The molecular formula is C27H20ClN5O4. The minimum Gasteiger partial charge on any atom is -0.489 e. The molecule has 10 heteroatoms. The number of nitrogens with zero attached hydrogens (tertiary/aromatic N) is 5. The summed E-state index contributed by atoms with van der Waals surface area (Å²) in [6.07, 6.45) is 4.61.